The Bertz CT molecular complexity index is 403. The number of carbonyl (C=O) groups is 1. The Hall–Kier alpha value is -1.38. The Morgan fingerprint density at radius 3 is 2.65 bits per heavy atom. The van der Waals surface area contributed by atoms with Crippen LogP contribution in [0.4, 0.5) is 4.39 Å². The molecule has 1 aromatic carbocycles. The van der Waals surface area contributed by atoms with Crippen LogP contribution in [0.5, 0.6) is 0 Å². The van der Waals surface area contributed by atoms with E-state index in [2.05, 4.69) is 13.8 Å². The minimum atomic E-state index is -0.302. The molecule has 94 valence electrons. The van der Waals surface area contributed by atoms with Crippen LogP contribution in [0.1, 0.15) is 36.2 Å². The van der Waals surface area contributed by atoms with E-state index in [0.29, 0.717) is 17.0 Å². The fraction of sp³-hybridized carbons (Fsp3) is 0.500. The van der Waals surface area contributed by atoms with E-state index in [0.717, 1.165) is 13.0 Å². The molecule has 0 N–H and O–H groups in total. The van der Waals surface area contributed by atoms with E-state index >= 15 is 0 Å². The maximum Gasteiger partial charge on any atom is 0.253 e. The summed E-state index contributed by atoms with van der Waals surface area (Å²) in [5.74, 6) is 0.135. The van der Waals surface area contributed by atoms with E-state index in [-0.39, 0.29) is 11.7 Å². The number of benzene rings is 1. The molecule has 0 fully saturated rings. The van der Waals surface area contributed by atoms with E-state index in [4.69, 9.17) is 0 Å². The molecule has 0 aliphatic rings. The van der Waals surface area contributed by atoms with Gasteiger partial charge in [0.1, 0.15) is 5.82 Å². The van der Waals surface area contributed by atoms with Crippen LogP contribution in [0.25, 0.3) is 0 Å². The molecule has 1 unspecified atom stereocenters. The molecule has 0 spiro atoms. The van der Waals surface area contributed by atoms with Gasteiger partial charge in [-0.2, -0.15) is 0 Å². The van der Waals surface area contributed by atoms with Crippen molar-refractivity contribution >= 4 is 5.91 Å². The van der Waals surface area contributed by atoms with Crippen LogP contribution in [-0.2, 0) is 0 Å². The van der Waals surface area contributed by atoms with Crippen LogP contribution < -0.4 is 0 Å². The molecule has 0 aromatic heterocycles. The number of halogens is 1. The SMILES string of the molecule is CCC(C)CN(C)C(=O)c1ccc(F)cc1C. The predicted molar refractivity (Wildman–Crippen MR) is 67.6 cm³/mol. The van der Waals surface area contributed by atoms with Gasteiger partial charge in [-0.25, -0.2) is 4.39 Å². The van der Waals surface area contributed by atoms with Gasteiger partial charge in [0.15, 0.2) is 0 Å². The van der Waals surface area contributed by atoms with E-state index in [1.807, 2.05) is 0 Å². The summed E-state index contributed by atoms with van der Waals surface area (Å²) in [6, 6.07) is 4.28. The molecule has 17 heavy (non-hydrogen) atoms. The minimum Gasteiger partial charge on any atom is -0.341 e. The molecule has 0 saturated carbocycles. The average molecular weight is 237 g/mol. The third-order valence-corrected chi connectivity index (χ3v) is 3.05. The van der Waals surface area contributed by atoms with Crippen LogP contribution in [0, 0.1) is 18.7 Å². The lowest BCUT2D eigenvalue weighted by atomic mass is 10.1. The highest BCUT2D eigenvalue weighted by Crippen LogP contribution is 2.13. The Balaban J connectivity index is 2.81. The Kier molecular flexibility index (Phi) is 4.67. The predicted octanol–water partition coefficient (Wildman–Crippen LogP) is 3.25. The summed E-state index contributed by atoms with van der Waals surface area (Å²) < 4.78 is 13.0. The van der Waals surface area contributed by atoms with Crippen molar-refractivity contribution in [1.29, 1.82) is 0 Å². The van der Waals surface area contributed by atoms with Gasteiger partial charge < -0.3 is 4.90 Å². The van der Waals surface area contributed by atoms with Crippen molar-refractivity contribution in [2.24, 2.45) is 5.92 Å². The van der Waals surface area contributed by atoms with Crippen LogP contribution >= 0.6 is 0 Å². The second-order valence-electron chi connectivity index (χ2n) is 4.66. The van der Waals surface area contributed by atoms with Gasteiger partial charge in [-0.3, -0.25) is 4.79 Å². The zero-order valence-corrected chi connectivity index (χ0v) is 11.0. The fourth-order valence-corrected chi connectivity index (χ4v) is 1.75. The van der Waals surface area contributed by atoms with Gasteiger partial charge in [0.2, 0.25) is 0 Å². The summed E-state index contributed by atoms with van der Waals surface area (Å²) in [4.78, 5) is 13.8. The molecule has 0 bridgehead atoms. The zero-order valence-electron chi connectivity index (χ0n) is 11.0. The molecule has 3 heteroatoms. The Labute approximate surface area is 102 Å². The van der Waals surface area contributed by atoms with E-state index < -0.39 is 0 Å². The number of carbonyl (C=O) groups excluding carboxylic acids is 1. The molecule has 0 heterocycles. The highest BCUT2D eigenvalue weighted by atomic mass is 19.1. The Morgan fingerprint density at radius 2 is 2.12 bits per heavy atom. The maximum absolute atomic E-state index is 13.0. The van der Waals surface area contributed by atoms with Crippen molar-refractivity contribution in [3.05, 3.63) is 35.1 Å². The summed E-state index contributed by atoms with van der Waals surface area (Å²) in [5.41, 5.74) is 1.27. The molecule has 0 saturated heterocycles. The van der Waals surface area contributed by atoms with Crippen LogP contribution in [0.15, 0.2) is 18.2 Å². The highest BCUT2D eigenvalue weighted by molar-refractivity contribution is 5.95. The molecule has 1 aromatic rings. The van der Waals surface area contributed by atoms with Crippen molar-refractivity contribution in [1.82, 2.24) is 4.90 Å². The van der Waals surface area contributed by atoms with Crippen molar-refractivity contribution in [2.45, 2.75) is 27.2 Å². The molecular formula is C14H20FNO. The third kappa shape index (κ3) is 3.55. The van der Waals surface area contributed by atoms with Crippen molar-refractivity contribution < 1.29 is 9.18 Å². The second-order valence-corrected chi connectivity index (χ2v) is 4.66. The van der Waals surface area contributed by atoms with Gasteiger partial charge in [-0.15, -0.1) is 0 Å². The van der Waals surface area contributed by atoms with Crippen molar-refractivity contribution in [3.63, 3.8) is 0 Å². The molecular weight excluding hydrogens is 217 g/mol. The highest BCUT2D eigenvalue weighted by Gasteiger charge is 2.15. The van der Waals surface area contributed by atoms with E-state index in [1.54, 1.807) is 24.9 Å². The summed E-state index contributed by atoms with van der Waals surface area (Å²) in [7, 11) is 1.79. The second kappa shape index (κ2) is 5.80. The maximum atomic E-state index is 13.0. The smallest absolute Gasteiger partial charge is 0.253 e. The standard InChI is InChI=1S/C14H20FNO/c1-5-10(2)9-16(4)14(17)13-7-6-12(15)8-11(13)3/h6-8,10H,5,9H2,1-4H3. The molecule has 2 nitrogen and oxygen atoms in total. The van der Waals surface area contributed by atoms with Gasteiger partial charge in [0.25, 0.3) is 5.91 Å². The number of hydrogen-bond acceptors (Lipinski definition) is 1. The first kappa shape index (κ1) is 13.7. The molecule has 0 radical (unpaired) electrons. The summed E-state index contributed by atoms with van der Waals surface area (Å²) in [5, 5.41) is 0. The third-order valence-electron chi connectivity index (χ3n) is 3.05. The lowest BCUT2D eigenvalue weighted by molar-refractivity contribution is 0.0774. The van der Waals surface area contributed by atoms with Gasteiger partial charge in [0, 0.05) is 19.2 Å². The molecule has 0 aliphatic carbocycles. The first-order valence-electron chi connectivity index (χ1n) is 5.97. The van der Waals surface area contributed by atoms with Gasteiger partial charge >= 0.3 is 0 Å². The quantitative estimate of drug-likeness (QED) is 0.787. The van der Waals surface area contributed by atoms with Crippen LogP contribution in [0.2, 0.25) is 0 Å². The molecule has 1 rings (SSSR count). The van der Waals surface area contributed by atoms with Gasteiger partial charge in [-0.05, 0) is 36.6 Å². The van der Waals surface area contributed by atoms with Crippen molar-refractivity contribution in [3.8, 4) is 0 Å². The van der Waals surface area contributed by atoms with Gasteiger partial charge in [0.05, 0.1) is 0 Å². The number of aryl methyl sites for hydroxylation is 1. The zero-order chi connectivity index (χ0) is 13.0. The van der Waals surface area contributed by atoms with Crippen LogP contribution in [-0.4, -0.2) is 24.4 Å². The Morgan fingerprint density at radius 1 is 1.47 bits per heavy atom. The monoisotopic (exact) mass is 237 g/mol. The first-order chi connectivity index (χ1) is 7.95. The summed E-state index contributed by atoms with van der Waals surface area (Å²) >= 11 is 0. The number of hydrogen-bond donors (Lipinski definition) is 0. The van der Waals surface area contributed by atoms with Crippen LogP contribution in [0.3, 0.4) is 0 Å². The first-order valence-corrected chi connectivity index (χ1v) is 5.97. The number of nitrogens with zero attached hydrogens (tertiary/aromatic N) is 1. The fourth-order valence-electron chi connectivity index (χ4n) is 1.75. The summed E-state index contributed by atoms with van der Waals surface area (Å²) in [6.45, 7) is 6.70. The molecule has 1 atom stereocenters. The topological polar surface area (TPSA) is 20.3 Å². The summed E-state index contributed by atoms with van der Waals surface area (Å²) in [6.07, 6.45) is 1.04. The normalized spacial score (nSPS) is 12.3. The molecule has 1 amide bonds. The van der Waals surface area contributed by atoms with Gasteiger partial charge in [-0.1, -0.05) is 20.3 Å². The van der Waals surface area contributed by atoms with E-state index in [1.165, 1.54) is 12.1 Å². The minimum absolute atomic E-state index is 0.0391. The largest absolute Gasteiger partial charge is 0.341 e. The average Bonchev–Trinajstić information content (AvgIpc) is 2.28. The lowest BCUT2D eigenvalue weighted by Crippen LogP contribution is -2.31. The molecule has 0 aliphatic heterocycles. The number of rotatable bonds is 4. The lowest BCUT2D eigenvalue weighted by Gasteiger charge is -2.21. The van der Waals surface area contributed by atoms with Crippen molar-refractivity contribution in [2.75, 3.05) is 13.6 Å². The number of amides is 1. The van der Waals surface area contributed by atoms with E-state index in [9.17, 15) is 9.18 Å².